The van der Waals surface area contributed by atoms with Crippen molar-refractivity contribution < 1.29 is 4.79 Å². The Morgan fingerprint density at radius 1 is 1.17 bits per heavy atom. The molecular weight excluding hydrogens is 400 g/mol. The predicted octanol–water partition coefficient (Wildman–Crippen LogP) is 4.45. The van der Waals surface area contributed by atoms with Crippen LogP contribution in [0.15, 0.2) is 36.9 Å². The zero-order valence-corrected chi connectivity index (χ0v) is 18.4. The Labute approximate surface area is 180 Å². The molecule has 29 heavy (non-hydrogen) atoms. The van der Waals surface area contributed by atoms with E-state index in [2.05, 4.69) is 58.0 Å². The maximum Gasteiger partial charge on any atom is 0.223 e. The Bertz CT molecular complexity index is 832. The van der Waals surface area contributed by atoms with Crippen molar-refractivity contribution in [1.29, 1.82) is 0 Å². The van der Waals surface area contributed by atoms with Gasteiger partial charge in [0.15, 0.2) is 0 Å². The average molecular weight is 429 g/mol. The molecule has 7 heteroatoms. The van der Waals surface area contributed by atoms with Gasteiger partial charge in [-0.25, -0.2) is 9.67 Å². The van der Waals surface area contributed by atoms with Crippen LogP contribution >= 0.6 is 23.5 Å². The third kappa shape index (κ3) is 3.61. The van der Waals surface area contributed by atoms with E-state index in [4.69, 9.17) is 0 Å². The highest BCUT2D eigenvalue weighted by Crippen LogP contribution is 2.64. The number of amides is 1. The SMILES string of the molecule is CC(NC(=O)C1CC2CCCC(C1)C21SCCS1)c1ccc(-n2cncn2)cc1. The number of rotatable bonds is 4. The number of hydrogen-bond acceptors (Lipinski definition) is 5. The molecule has 1 saturated heterocycles. The lowest BCUT2D eigenvalue weighted by molar-refractivity contribution is -0.128. The van der Waals surface area contributed by atoms with Crippen LogP contribution in [-0.2, 0) is 4.79 Å². The molecule has 2 aliphatic carbocycles. The summed E-state index contributed by atoms with van der Waals surface area (Å²) >= 11 is 4.40. The minimum Gasteiger partial charge on any atom is -0.349 e. The molecular formula is C22H28N4OS2. The molecule has 3 fully saturated rings. The van der Waals surface area contributed by atoms with Gasteiger partial charge in [-0.1, -0.05) is 18.6 Å². The fourth-order valence-electron chi connectivity index (χ4n) is 5.50. The van der Waals surface area contributed by atoms with E-state index in [0.29, 0.717) is 15.9 Å². The van der Waals surface area contributed by atoms with E-state index < -0.39 is 0 Å². The van der Waals surface area contributed by atoms with Crippen LogP contribution in [0.3, 0.4) is 0 Å². The second-order valence-electron chi connectivity index (χ2n) is 8.57. The Morgan fingerprint density at radius 2 is 1.86 bits per heavy atom. The number of hydrogen-bond donors (Lipinski definition) is 1. The maximum absolute atomic E-state index is 13.1. The van der Waals surface area contributed by atoms with Crippen molar-refractivity contribution in [3.8, 4) is 5.69 Å². The summed E-state index contributed by atoms with van der Waals surface area (Å²) in [6.07, 6.45) is 9.32. The van der Waals surface area contributed by atoms with Gasteiger partial charge in [0, 0.05) is 17.4 Å². The Hall–Kier alpha value is -1.47. The summed E-state index contributed by atoms with van der Waals surface area (Å²) in [7, 11) is 0. The highest BCUT2D eigenvalue weighted by molar-refractivity contribution is 8.21. The predicted molar refractivity (Wildman–Crippen MR) is 119 cm³/mol. The topological polar surface area (TPSA) is 59.8 Å². The fraction of sp³-hybridized carbons (Fsp3) is 0.591. The van der Waals surface area contributed by atoms with Crippen LogP contribution < -0.4 is 5.32 Å². The highest BCUT2D eigenvalue weighted by atomic mass is 32.2. The lowest BCUT2D eigenvalue weighted by Gasteiger charge is -2.52. The molecule has 1 aliphatic heterocycles. The molecule has 1 aromatic heterocycles. The van der Waals surface area contributed by atoms with E-state index in [9.17, 15) is 4.79 Å². The number of aromatic nitrogens is 3. The minimum atomic E-state index is 0.0123. The molecule has 2 heterocycles. The van der Waals surface area contributed by atoms with Gasteiger partial charge < -0.3 is 5.32 Å². The second-order valence-corrected chi connectivity index (χ2v) is 11.6. The molecule has 1 aromatic carbocycles. The summed E-state index contributed by atoms with van der Waals surface area (Å²) in [5.74, 6) is 4.42. The van der Waals surface area contributed by atoms with Crippen molar-refractivity contribution in [1.82, 2.24) is 20.1 Å². The van der Waals surface area contributed by atoms with Crippen molar-refractivity contribution in [2.45, 2.75) is 49.1 Å². The van der Waals surface area contributed by atoms with Crippen molar-refractivity contribution in [2.75, 3.05) is 11.5 Å². The van der Waals surface area contributed by atoms with E-state index in [0.717, 1.165) is 24.1 Å². The van der Waals surface area contributed by atoms with Gasteiger partial charge in [-0.3, -0.25) is 4.79 Å². The van der Waals surface area contributed by atoms with Crippen molar-refractivity contribution in [3.05, 3.63) is 42.5 Å². The van der Waals surface area contributed by atoms with Gasteiger partial charge in [0.1, 0.15) is 12.7 Å². The normalized spacial score (nSPS) is 28.9. The summed E-state index contributed by atoms with van der Waals surface area (Å²) in [4.78, 5) is 17.1. The first-order valence-electron chi connectivity index (χ1n) is 10.7. The highest BCUT2D eigenvalue weighted by Gasteiger charge is 2.55. The first kappa shape index (κ1) is 19.5. The van der Waals surface area contributed by atoms with E-state index in [1.807, 2.05) is 12.1 Å². The quantitative estimate of drug-likeness (QED) is 0.780. The molecule has 1 amide bonds. The molecule has 3 atom stereocenters. The summed E-state index contributed by atoms with van der Waals surface area (Å²) in [5.41, 5.74) is 2.10. The third-order valence-electron chi connectivity index (χ3n) is 6.93. The molecule has 3 aliphatic rings. The number of thioether (sulfide) groups is 2. The largest absolute Gasteiger partial charge is 0.349 e. The zero-order valence-electron chi connectivity index (χ0n) is 16.8. The van der Waals surface area contributed by atoms with E-state index in [-0.39, 0.29) is 17.9 Å². The van der Waals surface area contributed by atoms with Crippen LogP contribution in [0.5, 0.6) is 0 Å². The summed E-state index contributed by atoms with van der Waals surface area (Å²) in [6.45, 7) is 2.08. The molecule has 2 bridgehead atoms. The number of carbonyl (C=O) groups excluding carboxylic acids is 1. The molecule has 2 saturated carbocycles. The zero-order chi connectivity index (χ0) is 19.8. The van der Waals surface area contributed by atoms with E-state index in [1.54, 1.807) is 11.0 Å². The summed E-state index contributed by atoms with van der Waals surface area (Å²) in [6, 6.07) is 8.20. The molecule has 1 N–H and O–H groups in total. The van der Waals surface area contributed by atoms with Crippen LogP contribution in [0.2, 0.25) is 0 Å². The molecule has 0 radical (unpaired) electrons. The lowest BCUT2D eigenvalue weighted by Crippen LogP contribution is -2.49. The number of benzene rings is 1. The molecule has 5 nitrogen and oxygen atoms in total. The van der Waals surface area contributed by atoms with Gasteiger partial charge in [-0.05, 0) is 62.1 Å². The summed E-state index contributed by atoms with van der Waals surface area (Å²) < 4.78 is 2.17. The van der Waals surface area contributed by atoms with Gasteiger partial charge in [0.2, 0.25) is 5.91 Å². The molecule has 1 spiro atoms. The van der Waals surface area contributed by atoms with Crippen LogP contribution in [0.4, 0.5) is 0 Å². The average Bonchev–Trinajstić information content (AvgIpc) is 3.41. The maximum atomic E-state index is 13.1. The van der Waals surface area contributed by atoms with Crippen molar-refractivity contribution in [3.63, 3.8) is 0 Å². The molecule has 154 valence electrons. The number of carbonyl (C=O) groups is 1. The van der Waals surface area contributed by atoms with Gasteiger partial charge in [-0.2, -0.15) is 5.10 Å². The van der Waals surface area contributed by atoms with Gasteiger partial charge in [0.25, 0.3) is 0 Å². The Morgan fingerprint density at radius 3 is 2.48 bits per heavy atom. The molecule has 3 unspecified atom stereocenters. The smallest absolute Gasteiger partial charge is 0.223 e. The van der Waals surface area contributed by atoms with E-state index >= 15 is 0 Å². The van der Waals surface area contributed by atoms with E-state index in [1.165, 1.54) is 37.1 Å². The first-order chi connectivity index (χ1) is 14.2. The van der Waals surface area contributed by atoms with Gasteiger partial charge in [0.05, 0.1) is 15.8 Å². The van der Waals surface area contributed by atoms with Crippen molar-refractivity contribution >= 4 is 29.4 Å². The van der Waals surface area contributed by atoms with Crippen LogP contribution in [-0.4, -0.2) is 36.3 Å². The Kier molecular flexibility index (Phi) is 5.37. The van der Waals surface area contributed by atoms with Crippen LogP contribution in [0.25, 0.3) is 5.69 Å². The van der Waals surface area contributed by atoms with Crippen LogP contribution in [0, 0.1) is 17.8 Å². The minimum absolute atomic E-state index is 0.0123. The fourth-order valence-corrected chi connectivity index (χ4v) is 9.43. The molecule has 2 aromatic rings. The number of nitrogens with zero attached hydrogens (tertiary/aromatic N) is 3. The second kappa shape index (κ2) is 7.99. The summed E-state index contributed by atoms with van der Waals surface area (Å²) in [5, 5.41) is 7.46. The monoisotopic (exact) mass is 428 g/mol. The standard InChI is InChI=1S/C22H28N4OS2/c1-15(16-5-7-20(8-6-16)26-14-23-13-24-26)25-21(27)17-11-18-3-2-4-19(12-17)22(18)28-9-10-29-22/h5-8,13-15,17-19H,2-4,9-12H2,1H3,(H,25,27). The van der Waals surface area contributed by atoms with Crippen LogP contribution in [0.1, 0.15) is 50.6 Å². The third-order valence-corrected chi connectivity index (χ3v) is 10.9. The van der Waals surface area contributed by atoms with Crippen molar-refractivity contribution in [2.24, 2.45) is 17.8 Å². The van der Waals surface area contributed by atoms with Gasteiger partial charge in [-0.15, -0.1) is 23.5 Å². The Balaban J connectivity index is 1.24. The first-order valence-corrected chi connectivity index (χ1v) is 12.7. The molecule has 5 rings (SSSR count). The number of nitrogens with one attached hydrogen (secondary N) is 1. The van der Waals surface area contributed by atoms with Gasteiger partial charge >= 0.3 is 0 Å². The lowest BCUT2D eigenvalue weighted by atomic mass is 9.67.